The molecule has 1 aromatic carbocycles. The van der Waals surface area contributed by atoms with E-state index in [9.17, 15) is 0 Å². The van der Waals surface area contributed by atoms with E-state index in [1.165, 1.54) is 43.2 Å². The van der Waals surface area contributed by atoms with Gasteiger partial charge in [-0.2, -0.15) is 5.10 Å². The number of rotatable bonds is 5. The Morgan fingerprint density at radius 1 is 1.24 bits per heavy atom. The highest BCUT2D eigenvalue weighted by Crippen LogP contribution is 2.34. The minimum absolute atomic E-state index is 0.333. The van der Waals surface area contributed by atoms with Crippen molar-refractivity contribution in [1.82, 2.24) is 10.4 Å². The molecule has 0 spiro atoms. The second kappa shape index (κ2) is 7.83. The van der Waals surface area contributed by atoms with Crippen LogP contribution in [0.2, 0.25) is 0 Å². The molecule has 0 bridgehead atoms. The van der Waals surface area contributed by atoms with Crippen LogP contribution in [0.1, 0.15) is 61.1 Å². The number of hydrogen-bond acceptors (Lipinski definition) is 5. The van der Waals surface area contributed by atoms with E-state index in [1.807, 2.05) is 13.8 Å². The molecule has 1 aliphatic carbocycles. The number of aromatic nitrogens is 1. The summed E-state index contributed by atoms with van der Waals surface area (Å²) in [6, 6.07) is 8.97. The average molecular weight is 355 g/mol. The summed E-state index contributed by atoms with van der Waals surface area (Å²) in [6.07, 6.45) is 6.78. The zero-order valence-corrected chi connectivity index (χ0v) is 15.8. The van der Waals surface area contributed by atoms with Gasteiger partial charge in [0.15, 0.2) is 0 Å². The zero-order chi connectivity index (χ0) is 17.8. The van der Waals surface area contributed by atoms with Gasteiger partial charge in [0.25, 0.3) is 0 Å². The SMILES string of the molecule is C=C(N)N/N=C(\C)c1sc(-c2ccc(C3CCCCC3)cc2)nc1C. The molecule has 3 rings (SSSR count). The fraction of sp³-hybridized carbons (Fsp3) is 0.400. The monoisotopic (exact) mass is 354 g/mol. The summed E-state index contributed by atoms with van der Waals surface area (Å²) in [7, 11) is 0. The van der Waals surface area contributed by atoms with Crippen molar-refractivity contribution in [2.75, 3.05) is 0 Å². The molecule has 0 radical (unpaired) electrons. The van der Waals surface area contributed by atoms with Crippen molar-refractivity contribution in [2.45, 2.75) is 51.9 Å². The molecule has 25 heavy (non-hydrogen) atoms. The third-order valence-electron chi connectivity index (χ3n) is 4.73. The Labute approximate surface area is 153 Å². The lowest BCUT2D eigenvalue weighted by Crippen LogP contribution is -2.14. The van der Waals surface area contributed by atoms with Crippen molar-refractivity contribution in [1.29, 1.82) is 0 Å². The highest BCUT2D eigenvalue weighted by Gasteiger charge is 2.16. The molecule has 1 fully saturated rings. The number of nitrogens with two attached hydrogens (primary N) is 1. The summed E-state index contributed by atoms with van der Waals surface area (Å²) in [5, 5.41) is 5.28. The average Bonchev–Trinajstić information content (AvgIpc) is 3.02. The molecule has 2 aromatic rings. The Hall–Kier alpha value is -2.14. The standard InChI is InChI=1S/C20H26N4S/c1-13-19(14(2)23-24-15(3)21)25-20(22-13)18-11-9-17(10-12-18)16-7-5-4-6-8-16/h9-12,16,24H,3-8,21H2,1-2H3/b23-14+. The molecule has 0 unspecified atom stereocenters. The van der Waals surface area contributed by atoms with Gasteiger partial charge in [0, 0.05) is 5.56 Å². The molecule has 1 saturated carbocycles. The molecule has 5 heteroatoms. The van der Waals surface area contributed by atoms with Gasteiger partial charge in [0.1, 0.15) is 10.8 Å². The lowest BCUT2D eigenvalue weighted by atomic mass is 9.84. The van der Waals surface area contributed by atoms with Gasteiger partial charge in [-0.15, -0.1) is 11.3 Å². The van der Waals surface area contributed by atoms with E-state index in [0.29, 0.717) is 5.82 Å². The van der Waals surface area contributed by atoms with Crippen LogP contribution in [-0.4, -0.2) is 10.7 Å². The quantitative estimate of drug-likeness (QED) is 0.592. The smallest absolute Gasteiger partial charge is 0.124 e. The molecule has 0 amide bonds. The molecule has 0 saturated heterocycles. The van der Waals surface area contributed by atoms with Crippen molar-refractivity contribution in [3.63, 3.8) is 0 Å². The molecule has 1 heterocycles. The largest absolute Gasteiger partial charge is 0.385 e. The Balaban J connectivity index is 1.79. The fourth-order valence-electron chi connectivity index (χ4n) is 3.40. The predicted molar refractivity (Wildman–Crippen MR) is 107 cm³/mol. The topological polar surface area (TPSA) is 63.3 Å². The van der Waals surface area contributed by atoms with E-state index in [0.717, 1.165) is 27.2 Å². The maximum Gasteiger partial charge on any atom is 0.124 e. The molecule has 0 aliphatic heterocycles. The number of hydrazone groups is 1. The molecular weight excluding hydrogens is 328 g/mol. The first-order chi connectivity index (χ1) is 12.0. The van der Waals surface area contributed by atoms with Crippen molar-refractivity contribution in [3.05, 3.63) is 52.8 Å². The van der Waals surface area contributed by atoms with Gasteiger partial charge in [-0.05, 0) is 38.2 Å². The highest BCUT2D eigenvalue weighted by atomic mass is 32.1. The Kier molecular flexibility index (Phi) is 5.53. The van der Waals surface area contributed by atoms with Crippen LogP contribution >= 0.6 is 11.3 Å². The van der Waals surface area contributed by atoms with Crippen LogP contribution in [0, 0.1) is 6.92 Å². The van der Waals surface area contributed by atoms with E-state index < -0.39 is 0 Å². The van der Waals surface area contributed by atoms with E-state index in [2.05, 4.69) is 41.4 Å². The van der Waals surface area contributed by atoms with Crippen molar-refractivity contribution >= 4 is 17.0 Å². The highest BCUT2D eigenvalue weighted by molar-refractivity contribution is 7.17. The summed E-state index contributed by atoms with van der Waals surface area (Å²) < 4.78 is 0. The summed E-state index contributed by atoms with van der Waals surface area (Å²) in [6.45, 7) is 7.56. The van der Waals surface area contributed by atoms with Crippen LogP contribution in [0.25, 0.3) is 10.6 Å². The maximum atomic E-state index is 5.50. The predicted octanol–water partition coefficient (Wildman–Crippen LogP) is 4.91. The lowest BCUT2D eigenvalue weighted by molar-refractivity contribution is 0.443. The van der Waals surface area contributed by atoms with Crippen molar-refractivity contribution in [3.8, 4) is 10.6 Å². The first-order valence-electron chi connectivity index (χ1n) is 8.87. The normalized spacial score (nSPS) is 16.0. The Morgan fingerprint density at radius 2 is 1.92 bits per heavy atom. The molecular formula is C20H26N4S. The summed E-state index contributed by atoms with van der Waals surface area (Å²) in [4.78, 5) is 5.80. The van der Waals surface area contributed by atoms with Gasteiger partial charge in [-0.3, -0.25) is 5.43 Å². The number of hydrogen-bond donors (Lipinski definition) is 2. The molecule has 132 valence electrons. The van der Waals surface area contributed by atoms with Crippen molar-refractivity contribution < 1.29 is 0 Å². The van der Waals surface area contributed by atoms with Crippen LogP contribution in [-0.2, 0) is 0 Å². The number of thiazole rings is 1. The number of nitrogens with zero attached hydrogens (tertiary/aromatic N) is 2. The van der Waals surface area contributed by atoms with Gasteiger partial charge in [0.2, 0.25) is 0 Å². The first kappa shape index (κ1) is 17.7. The van der Waals surface area contributed by atoms with Gasteiger partial charge in [-0.25, -0.2) is 4.98 Å². The molecule has 1 aromatic heterocycles. The van der Waals surface area contributed by atoms with Crippen LogP contribution in [0.15, 0.2) is 41.8 Å². The van der Waals surface area contributed by atoms with Gasteiger partial charge in [-0.1, -0.05) is 50.1 Å². The van der Waals surface area contributed by atoms with E-state index in [1.54, 1.807) is 11.3 Å². The summed E-state index contributed by atoms with van der Waals surface area (Å²) >= 11 is 1.66. The zero-order valence-electron chi connectivity index (χ0n) is 15.0. The summed E-state index contributed by atoms with van der Waals surface area (Å²) in [5.41, 5.74) is 12.7. The van der Waals surface area contributed by atoms with Gasteiger partial charge >= 0.3 is 0 Å². The second-order valence-electron chi connectivity index (χ2n) is 6.72. The molecule has 4 nitrogen and oxygen atoms in total. The number of benzene rings is 1. The van der Waals surface area contributed by atoms with Crippen molar-refractivity contribution in [2.24, 2.45) is 10.8 Å². The summed E-state index contributed by atoms with van der Waals surface area (Å²) in [5.74, 6) is 1.07. The Morgan fingerprint density at radius 3 is 2.56 bits per heavy atom. The minimum atomic E-state index is 0.333. The number of aryl methyl sites for hydroxylation is 1. The third kappa shape index (κ3) is 4.28. The lowest BCUT2D eigenvalue weighted by Gasteiger charge is -2.21. The van der Waals surface area contributed by atoms with E-state index in [-0.39, 0.29) is 0 Å². The third-order valence-corrected chi connectivity index (χ3v) is 6.04. The molecule has 3 N–H and O–H groups in total. The van der Waals surface area contributed by atoms with Gasteiger partial charge in [0.05, 0.1) is 16.3 Å². The molecule has 1 aliphatic rings. The fourth-order valence-corrected chi connectivity index (χ4v) is 4.41. The van der Waals surface area contributed by atoms with Gasteiger partial charge < -0.3 is 5.73 Å². The molecule has 0 atom stereocenters. The second-order valence-corrected chi connectivity index (χ2v) is 7.72. The van der Waals surface area contributed by atoms with E-state index in [4.69, 9.17) is 10.7 Å². The van der Waals surface area contributed by atoms with Crippen LogP contribution in [0.4, 0.5) is 0 Å². The maximum absolute atomic E-state index is 5.50. The van der Waals surface area contributed by atoms with Crippen LogP contribution in [0.3, 0.4) is 0 Å². The van der Waals surface area contributed by atoms with Crippen LogP contribution < -0.4 is 11.2 Å². The first-order valence-corrected chi connectivity index (χ1v) is 9.69. The number of nitrogens with one attached hydrogen (secondary N) is 1. The van der Waals surface area contributed by atoms with E-state index >= 15 is 0 Å². The van der Waals surface area contributed by atoms with Crippen LogP contribution in [0.5, 0.6) is 0 Å². The Bertz CT molecular complexity index is 767. The minimum Gasteiger partial charge on any atom is -0.385 e.